The summed E-state index contributed by atoms with van der Waals surface area (Å²) in [6.07, 6.45) is 1.73. The van der Waals surface area contributed by atoms with E-state index in [1.807, 2.05) is 0 Å². The topological polar surface area (TPSA) is 64.6 Å². The van der Waals surface area contributed by atoms with Crippen LogP contribution in [0.4, 0.5) is 4.39 Å². The molecule has 1 heterocycles. The van der Waals surface area contributed by atoms with E-state index in [1.165, 1.54) is 12.1 Å². The number of rotatable bonds is 5. The molecule has 0 saturated heterocycles. The van der Waals surface area contributed by atoms with Crippen LogP contribution >= 0.6 is 0 Å². The fourth-order valence-corrected chi connectivity index (χ4v) is 3.59. The Morgan fingerprint density at radius 2 is 1.85 bits per heavy atom. The summed E-state index contributed by atoms with van der Waals surface area (Å²) in [4.78, 5) is 24.7. The van der Waals surface area contributed by atoms with Crippen molar-refractivity contribution in [2.24, 2.45) is 0 Å². The van der Waals surface area contributed by atoms with Crippen molar-refractivity contribution in [1.29, 1.82) is 0 Å². The van der Waals surface area contributed by atoms with Gasteiger partial charge in [-0.3, -0.25) is 9.59 Å². The van der Waals surface area contributed by atoms with Gasteiger partial charge >= 0.3 is 0 Å². The predicted octanol–water partition coefficient (Wildman–Crippen LogP) is 3.36. The highest BCUT2D eigenvalue weighted by molar-refractivity contribution is 5.98. The van der Waals surface area contributed by atoms with Crippen molar-refractivity contribution in [2.75, 3.05) is 13.2 Å². The minimum absolute atomic E-state index is 0.111. The molecule has 0 bridgehead atoms. The zero-order valence-electron chi connectivity index (χ0n) is 14.8. The lowest BCUT2D eigenvalue weighted by Crippen LogP contribution is -2.27. The maximum Gasteiger partial charge on any atom is 0.220 e. The molecular formula is C21H20FNO4. The Hall–Kier alpha value is -2.89. The van der Waals surface area contributed by atoms with E-state index in [9.17, 15) is 14.0 Å². The van der Waals surface area contributed by atoms with Crippen molar-refractivity contribution in [3.63, 3.8) is 0 Å². The number of ether oxygens (including phenoxy) is 2. The molecule has 27 heavy (non-hydrogen) atoms. The van der Waals surface area contributed by atoms with Crippen LogP contribution in [0.25, 0.3) is 0 Å². The smallest absolute Gasteiger partial charge is 0.220 e. The van der Waals surface area contributed by atoms with Crippen LogP contribution in [0, 0.1) is 5.82 Å². The number of halogens is 1. The quantitative estimate of drug-likeness (QED) is 0.821. The average molecular weight is 369 g/mol. The molecule has 0 saturated carbocycles. The largest absolute Gasteiger partial charge is 0.486 e. The summed E-state index contributed by atoms with van der Waals surface area (Å²) >= 11 is 0. The van der Waals surface area contributed by atoms with Crippen molar-refractivity contribution in [2.45, 2.75) is 31.7 Å². The molecule has 1 aliphatic carbocycles. The summed E-state index contributed by atoms with van der Waals surface area (Å²) in [6.45, 7) is 0.956. The van der Waals surface area contributed by atoms with E-state index in [0.717, 1.165) is 24.0 Å². The maximum absolute atomic E-state index is 13.3. The van der Waals surface area contributed by atoms with Crippen LogP contribution in [0.1, 0.15) is 46.8 Å². The van der Waals surface area contributed by atoms with Gasteiger partial charge < -0.3 is 14.8 Å². The van der Waals surface area contributed by atoms with E-state index < -0.39 is 0 Å². The summed E-state index contributed by atoms with van der Waals surface area (Å²) in [7, 11) is 0. The summed E-state index contributed by atoms with van der Waals surface area (Å²) in [5, 5.41) is 2.95. The highest BCUT2D eigenvalue weighted by Gasteiger charge is 2.24. The molecule has 5 nitrogen and oxygen atoms in total. The first-order valence-electron chi connectivity index (χ1n) is 9.11. The van der Waals surface area contributed by atoms with Crippen LogP contribution in [0.2, 0.25) is 0 Å². The molecule has 1 amide bonds. The van der Waals surface area contributed by atoms with Crippen molar-refractivity contribution >= 4 is 11.7 Å². The summed E-state index contributed by atoms with van der Waals surface area (Å²) in [6, 6.07) is 9.62. The number of carbonyl (C=O) groups excluding carboxylic acids is 2. The summed E-state index contributed by atoms with van der Waals surface area (Å²) < 4.78 is 24.2. The molecule has 140 valence electrons. The first-order valence-corrected chi connectivity index (χ1v) is 9.11. The molecule has 0 fully saturated rings. The number of aryl methyl sites for hydroxylation is 1. The maximum atomic E-state index is 13.3. The number of Topliss-reactive ketones (excluding diaryl/α,β-unsaturated/α-hetero) is 1. The molecule has 0 radical (unpaired) electrons. The number of hydrogen-bond donors (Lipinski definition) is 1. The van der Waals surface area contributed by atoms with Crippen LogP contribution in [-0.4, -0.2) is 24.9 Å². The Kier molecular flexibility index (Phi) is 4.79. The number of carbonyl (C=O) groups is 2. The van der Waals surface area contributed by atoms with Gasteiger partial charge in [-0.15, -0.1) is 0 Å². The number of amides is 1. The van der Waals surface area contributed by atoms with Gasteiger partial charge in [-0.1, -0.05) is 6.07 Å². The van der Waals surface area contributed by atoms with Crippen LogP contribution in [-0.2, 0) is 11.2 Å². The van der Waals surface area contributed by atoms with Gasteiger partial charge in [-0.2, -0.15) is 0 Å². The molecule has 6 heteroatoms. The molecule has 1 atom stereocenters. The van der Waals surface area contributed by atoms with Gasteiger partial charge in [-0.25, -0.2) is 4.39 Å². The Bertz CT molecular complexity index is 896. The lowest BCUT2D eigenvalue weighted by molar-refractivity contribution is -0.121. The Morgan fingerprint density at radius 3 is 2.70 bits per heavy atom. The normalized spacial score (nSPS) is 17.3. The second-order valence-corrected chi connectivity index (χ2v) is 6.78. The van der Waals surface area contributed by atoms with E-state index in [1.54, 1.807) is 24.3 Å². The Labute approximate surface area is 156 Å². The van der Waals surface area contributed by atoms with E-state index in [0.29, 0.717) is 30.3 Å². The van der Waals surface area contributed by atoms with Gasteiger partial charge in [0.15, 0.2) is 17.3 Å². The molecule has 1 unspecified atom stereocenters. The average Bonchev–Trinajstić information content (AvgIpc) is 3.07. The molecule has 0 spiro atoms. The van der Waals surface area contributed by atoms with Crippen molar-refractivity contribution < 1.29 is 23.5 Å². The third-order valence-corrected chi connectivity index (χ3v) is 4.96. The number of nitrogens with one attached hydrogen (secondary N) is 1. The molecular weight excluding hydrogens is 349 g/mol. The van der Waals surface area contributed by atoms with Crippen LogP contribution in [0.5, 0.6) is 11.5 Å². The number of benzene rings is 2. The minimum Gasteiger partial charge on any atom is -0.486 e. The zero-order chi connectivity index (χ0) is 18.8. The lowest BCUT2D eigenvalue weighted by Gasteiger charge is -2.18. The predicted molar refractivity (Wildman–Crippen MR) is 96.6 cm³/mol. The second-order valence-electron chi connectivity index (χ2n) is 6.78. The molecule has 0 aromatic heterocycles. The number of fused-ring (bicyclic) bond motifs is 2. The molecule has 2 aromatic rings. The number of ketones is 1. The van der Waals surface area contributed by atoms with E-state index in [4.69, 9.17) is 9.47 Å². The molecule has 2 aromatic carbocycles. The van der Waals surface area contributed by atoms with Crippen LogP contribution < -0.4 is 14.8 Å². The third-order valence-electron chi connectivity index (χ3n) is 4.96. The minimum atomic E-state index is -0.259. The molecule has 1 aliphatic heterocycles. The van der Waals surface area contributed by atoms with E-state index in [-0.39, 0.29) is 36.4 Å². The molecule has 4 rings (SSSR count). The molecule has 2 aliphatic rings. The van der Waals surface area contributed by atoms with E-state index in [2.05, 4.69) is 5.32 Å². The monoisotopic (exact) mass is 369 g/mol. The van der Waals surface area contributed by atoms with Crippen molar-refractivity contribution in [3.05, 3.63) is 58.9 Å². The van der Waals surface area contributed by atoms with Crippen LogP contribution in [0.15, 0.2) is 36.4 Å². The van der Waals surface area contributed by atoms with Crippen LogP contribution in [0.3, 0.4) is 0 Å². The Balaban J connectivity index is 1.33. The summed E-state index contributed by atoms with van der Waals surface area (Å²) in [5.41, 5.74) is 2.41. The molecule has 1 N–H and O–H groups in total. The van der Waals surface area contributed by atoms with E-state index >= 15 is 0 Å². The zero-order valence-corrected chi connectivity index (χ0v) is 14.8. The third kappa shape index (κ3) is 3.79. The second kappa shape index (κ2) is 7.39. The first kappa shape index (κ1) is 17.5. The SMILES string of the molecule is O=C(CCC(=O)c1ccc2c(c1)OCCO2)NC1CCc2cc(F)ccc21. The lowest BCUT2D eigenvalue weighted by atomic mass is 10.0. The van der Waals surface area contributed by atoms with Crippen molar-refractivity contribution in [3.8, 4) is 11.5 Å². The Morgan fingerprint density at radius 1 is 1.04 bits per heavy atom. The van der Waals surface area contributed by atoms with Crippen molar-refractivity contribution in [1.82, 2.24) is 5.32 Å². The van der Waals surface area contributed by atoms with Gasteiger partial charge in [0.05, 0.1) is 6.04 Å². The summed E-state index contributed by atoms with van der Waals surface area (Å²) in [5.74, 6) is 0.642. The highest BCUT2D eigenvalue weighted by Crippen LogP contribution is 2.32. The van der Waals surface area contributed by atoms with Gasteiger partial charge in [0.25, 0.3) is 0 Å². The van der Waals surface area contributed by atoms with Gasteiger partial charge in [0.2, 0.25) is 5.91 Å². The fraction of sp³-hybridized carbons (Fsp3) is 0.333. The van der Waals surface area contributed by atoms with Gasteiger partial charge in [0, 0.05) is 18.4 Å². The highest BCUT2D eigenvalue weighted by atomic mass is 19.1. The van der Waals surface area contributed by atoms with Gasteiger partial charge in [0.1, 0.15) is 19.0 Å². The van der Waals surface area contributed by atoms with Gasteiger partial charge in [-0.05, 0) is 54.3 Å². The standard InChI is InChI=1S/C21H20FNO4/c22-15-3-4-16-13(11-15)1-5-17(16)23-21(25)8-6-18(24)14-2-7-19-20(12-14)27-10-9-26-19/h2-4,7,11-12,17H,1,5-6,8-10H2,(H,23,25). The number of hydrogen-bond acceptors (Lipinski definition) is 4. The fourth-order valence-electron chi connectivity index (χ4n) is 3.59. The first-order chi connectivity index (χ1) is 13.1.